The van der Waals surface area contributed by atoms with Gasteiger partial charge in [-0.25, -0.2) is 4.68 Å². The molecule has 0 saturated heterocycles. The van der Waals surface area contributed by atoms with Crippen LogP contribution in [0.5, 0.6) is 0 Å². The summed E-state index contributed by atoms with van der Waals surface area (Å²) in [5, 5.41) is 12.2. The van der Waals surface area contributed by atoms with Crippen molar-refractivity contribution in [1.82, 2.24) is 9.78 Å². The first-order valence-corrected chi connectivity index (χ1v) is 3.56. The molecule has 3 N–H and O–H groups in total. The maximum absolute atomic E-state index is 7.21. The summed E-state index contributed by atoms with van der Waals surface area (Å²) < 4.78 is 1.40. The highest BCUT2D eigenvalue weighted by atomic mass is 15.3. The number of nitrogens with two attached hydrogens (primary N) is 1. The number of fused-ring (bicyclic) bond motifs is 1. The second kappa shape index (κ2) is 2.34. The molecule has 0 amide bonds. The van der Waals surface area contributed by atoms with Crippen LogP contribution in [0.25, 0.3) is 10.9 Å². The maximum atomic E-state index is 7.21. The van der Waals surface area contributed by atoms with Gasteiger partial charge in [-0.2, -0.15) is 5.10 Å². The molecule has 12 heavy (non-hydrogen) atoms. The SMILES string of the molecule is N=C(N)n1ncc2ccccc21. The molecule has 0 bridgehead atoms. The van der Waals surface area contributed by atoms with Crippen LogP contribution in [0.15, 0.2) is 30.5 Å². The Morgan fingerprint density at radius 3 is 2.92 bits per heavy atom. The van der Waals surface area contributed by atoms with E-state index in [1.165, 1.54) is 4.68 Å². The largest absolute Gasteiger partial charge is 0.368 e. The normalized spacial score (nSPS) is 10.3. The molecule has 0 fully saturated rings. The van der Waals surface area contributed by atoms with Crippen LogP contribution in [0.1, 0.15) is 0 Å². The predicted molar refractivity (Wildman–Crippen MR) is 47.0 cm³/mol. The van der Waals surface area contributed by atoms with Gasteiger partial charge >= 0.3 is 0 Å². The third-order valence-electron chi connectivity index (χ3n) is 1.71. The Morgan fingerprint density at radius 2 is 2.17 bits per heavy atom. The van der Waals surface area contributed by atoms with Crippen LogP contribution in [-0.2, 0) is 0 Å². The fourth-order valence-corrected chi connectivity index (χ4v) is 1.16. The van der Waals surface area contributed by atoms with Gasteiger partial charge in [0, 0.05) is 5.39 Å². The Kier molecular flexibility index (Phi) is 1.33. The van der Waals surface area contributed by atoms with Crippen molar-refractivity contribution in [3.05, 3.63) is 30.5 Å². The Bertz CT molecular complexity index is 429. The zero-order chi connectivity index (χ0) is 8.55. The zero-order valence-electron chi connectivity index (χ0n) is 6.36. The molecule has 0 aliphatic heterocycles. The van der Waals surface area contributed by atoms with E-state index in [0.717, 1.165) is 10.9 Å². The van der Waals surface area contributed by atoms with Crippen LogP contribution >= 0.6 is 0 Å². The Labute approximate surface area is 69.1 Å². The van der Waals surface area contributed by atoms with Gasteiger partial charge in [0.15, 0.2) is 0 Å². The molecule has 2 rings (SSSR count). The zero-order valence-corrected chi connectivity index (χ0v) is 6.36. The molecular weight excluding hydrogens is 152 g/mol. The first-order chi connectivity index (χ1) is 5.79. The van der Waals surface area contributed by atoms with Gasteiger partial charge in [0.25, 0.3) is 0 Å². The lowest BCUT2D eigenvalue weighted by atomic mass is 10.3. The highest BCUT2D eigenvalue weighted by Crippen LogP contribution is 2.11. The molecule has 0 radical (unpaired) electrons. The molecule has 1 heterocycles. The molecule has 0 atom stereocenters. The fourth-order valence-electron chi connectivity index (χ4n) is 1.16. The topological polar surface area (TPSA) is 67.7 Å². The third-order valence-corrected chi connectivity index (χ3v) is 1.71. The predicted octanol–water partition coefficient (Wildman–Crippen LogP) is 0.778. The van der Waals surface area contributed by atoms with Crippen molar-refractivity contribution in [2.24, 2.45) is 5.73 Å². The minimum atomic E-state index is -0.0591. The second-order valence-corrected chi connectivity index (χ2v) is 2.50. The Hall–Kier alpha value is -1.84. The van der Waals surface area contributed by atoms with Gasteiger partial charge in [-0.1, -0.05) is 18.2 Å². The van der Waals surface area contributed by atoms with E-state index >= 15 is 0 Å². The number of nitrogen functional groups attached to an aromatic ring is 1. The van der Waals surface area contributed by atoms with Crippen molar-refractivity contribution in [2.75, 3.05) is 0 Å². The average Bonchev–Trinajstić information content (AvgIpc) is 2.47. The summed E-state index contributed by atoms with van der Waals surface area (Å²) in [5.41, 5.74) is 6.17. The van der Waals surface area contributed by atoms with E-state index in [9.17, 15) is 0 Å². The number of hydrogen-bond acceptors (Lipinski definition) is 2. The van der Waals surface area contributed by atoms with Crippen molar-refractivity contribution < 1.29 is 0 Å². The fraction of sp³-hybridized carbons (Fsp3) is 0. The average molecular weight is 160 g/mol. The van der Waals surface area contributed by atoms with Gasteiger partial charge in [-0.15, -0.1) is 0 Å². The van der Waals surface area contributed by atoms with Gasteiger partial charge in [-0.3, -0.25) is 5.41 Å². The highest BCUT2D eigenvalue weighted by Gasteiger charge is 2.01. The van der Waals surface area contributed by atoms with Crippen LogP contribution in [-0.4, -0.2) is 15.7 Å². The molecule has 2 aromatic rings. The molecule has 0 unspecified atom stereocenters. The first-order valence-electron chi connectivity index (χ1n) is 3.56. The van der Waals surface area contributed by atoms with Gasteiger partial charge in [-0.05, 0) is 6.07 Å². The summed E-state index contributed by atoms with van der Waals surface area (Å²) in [6.07, 6.45) is 1.69. The van der Waals surface area contributed by atoms with Crippen molar-refractivity contribution in [3.63, 3.8) is 0 Å². The van der Waals surface area contributed by atoms with E-state index in [2.05, 4.69) is 5.10 Å². The Morgan fingerprint density at radius 1 is 1.42 bits per heavy atom. The van der Waals surface area contributed by atoms with E-state index in [1.807, 2.05) is 24.3 Å². The molecule has 60 valence electrons. The van der Waals surface area contributed by atoms with Crippen LogP contribution in [0, 0.1) is 5.41 Å². The molecule has 1 aromatic carbocycles. The number of hydrogen-bond donors (Lipinski definition) is 2. The molecule has 0 saturated carbocycles. The van der Waals surface area contributed by atoms with Crippen molar-refractivity contribution in [3.8, 4) is 0 Å². The van der Waals surface area contributed by atoms with Gasteiger partial charge in [0.05, 0.1) is 11.7 Å². The maximum Gasteiger partial charge on any atom is 0.214 e. The van der Waals surface area contributed by atoms with Gasteiger partial charge in [0.1, 0.15) is 0 Å². The van der Waals surface area contributed by atoms with E-state index in [0.29, 0.717) is 0 Å². The van der Waals surface area contributed by atoms with Gasteiger partial charge in [0.2, 0.25) is 5.96 Å². The molecular formula is C8H8N4. The lowest BCUT2D eigenvalue weighted by Gasteiger charge is -1.97. The first kappa shape index (κ1) is 6.84. The smallest absolute Gasteiger partial charge is 0.214 e. The minimum absolute atomic E-state index is 0.0591. The minimum Gasteiger partial charge on any atom is -0.368 e. The van der Waals surface area contributed by atoms with Gasteiger partial charge < -0.3 is 5.73 Å². The summed E-state index contributed by atoms with van der Waals surface area (Å²) in [5.74, 6) is -0.0591. The molecule has 4 nitrogen and oxygen atoms in total. The van der Waals surface area contributed by atoms with Crippen molar-refractivity contribution in [1.29, 1.82) is 5.41 Å². The second-order valence-electron chi connectivity index (χ2n) is 2.50. The molecule has 0 aliphatic rings. The summed E-state index contributed by atoms with van der Waals surface area (Å²) in [6.45, 7) is 0. The lowest BCUT2D eigenvalue weighted by molar-refractivity contribution is 0.940. The van der Waals surface area contributed by atoms with E-state index < -0.39 is 0 Å². The molecule has 1 aromatic heterocycles. The molecule has 0 spiro atoms. The number of aromatic nitrogens is 2. The number of nitrogens with zero attached hydrogens (tertiary/aromatic N) is 2. The summed E-state index contributed by atoms with van der Waals surface area (Å²) in [4.78, 5) is 0. The number of para-hydroxylation sites is 1. The molecule has 0 aliphatic carbocycles. The number of rotatable bonds is 0. The Balaban J connectivity index is 2.79. The third kappa shape index (κ3) is 0.852. The van der Waals surface area contributed by atoms with E-state index in [-0.39, 0.29) is 5.96 Å². The van der Waals surface area contributed by atoms with Crippen LogP contribution in [0.2, 0.25) is 0 Å². The monoisotopic (exact) mass is 160 g/mol. The van der Waals surface area contributed by atoms with Crippen LogP contribution in [0.3, 0.4) is 0 Å². The van der Waals surface area contributed by atoms with Crippen LogP contribution in [0.4, 0.5) is 0 Å². The summed E-state index contributed by atoms with van der Waals surface area (Å²) >= 11 is 0. The van der Waals surface area contributed by atoms with Crippen molar-refractivity contribution in [2.45, 2.75) is 0 Å². The van der Waals surface area contributed by atoms with E-state index in [4.69, 9.17) is 11.1 Å². The highest BCUT2D eigenvalue weighted by molar-refractivity contribution is 5.89. The number of benzene rings is 1. The number of nitrogens with one attached hydrogen (secondary N) is 1. The quantitative estimate of drug-likeness (QED) is 0.441. The van der Waals surface area contributed by atoms with E-state index in [1.54, 1.807) is 6.20 Å². The van der Waals surface area contributed by atoms with Crippen LogP contribution < -0.4 is 5.73 Å². The summed E-state index contributed by atoms with van der Waals surface area (Å²) in [6, 6.07) is 7.63. The lowest BCUT2D eigenvalue weighted by Crippen LogP contribution is -2.21. The molecule has 4 heteroatoms. The summed E-state index contributed by atoms with van der Waals surface area (Å²) in [7, 11) is 0. The standard InChI is InChI=1S/C8H8N4/c9-8(10)12-7-4-2-1-3-6(7)5-11-12/h1-5H,(H3,9,10). The van der Waals surface area contributed by atoms with Crippen molar-refractivity contribution >= 4 is 16.9 Å².